The second-order valence-corrected chi connectivity index (χ2v) is 20.3. The summed E-state index contributed by atoms with van der Waals surface area (Å²) in [5.74, 6) is 0.870. The summed E-state index contributed by atoms with van der Waals surface area (Å²) in [6.45, 7) is 26.4. The Morgan fingerprint density at radius 1 is 0.462 bits per heavy atom. The van der Waals surface area contributed by atoms with Crippen molar-refractivity contribution in [3.63, 3.8) is 0 Å². The van der Waals surface area contributed by atoms with E-state index in [1.54, 1.807) is 0 Å². The smallest absolute Gasteiger partial charge is 0.431 e. The van der Waals surface area contributed by atoms with Crippen molar-refractivity contribution in [3.05, 3.63) is 177 Å². The average molecular weight is 846 g/mol. The number of anilines is 3. The van der Waals surface area contributed by atoms with E-state index in [1.165, 1.54) is 83.5 Å². The molecule has 0 unspecified atom stereocenters. The van der Waals surface area contributed by atoms with Gasteiger partial charge >= 0.3 is 6.92 Å². The third-order valence-corrected chi connectivity index (χ3v) is 14.2. The Bertz CT molecular complexity index is 3420. The van der Waals surface area contributed by atoms with Crippen molar-refractivity contribution in [2.45, 2.75) is 88.5 Å². The number of rotatable bonds is 4. The molecule has 3 nitrogen and oxygen atoms in total. The van der Waals surface area contributed by atoms with Gasteiger partial charge < -0.3 is 14.0 Å². The quantitative estimate of drug-likeness (QED) is 0.165. The zero-order valence-electron chi connectivity index (χ0n) is 39.9. The highest BCUT2D eigenvalue weighted by molar-refractivity contribution is 6.86. The molecule has 3 heterocycles. The van der Waals surface area contributed by atoms with Crippen LogP contribution in [-0.4, -0.2) is 6.92 Å². The number of nitrogens with zero attached hydrogens (tertiary/aromatic N) is 1. The molecule has 0 fully saturated rings. The van der Waals surface area contributed by atoms with Gasteiger partial charge in [0, 0.05) is 44.4 Å². The first kappa shape index (κ1) is 41.0. The molecule has 0 atom stereocenters. The van der Waals surface area contributed by atoms with Crippen molar-refractivity contribution in [1.82, 2.24) is 0 Å². The molecule has 0 spiro atoms. The van der Waals surface area contributed by atoms with Gasteiger partial charge in [-0.3, -0.25) is 0 Å². The summed E-state index contributed by atoms with van der Waals surface area (Å²) in [6, 6.07) is 46.0. The summed E-state index contributed by atoms with van der Waals surface area (Å²) in [5, 5.41) is 2.24. The van der Waals surface area contributed by atoms with Crippen LogP contribution in [0.25, 0.3) is 66.4 Å². The summed E-state index contributed by atoms with van der Waals surface area (Å²) in [5.41, 5.74) is 29.7. The Morgan fingerprint density at radius 2 is 0.985 bits per heavy atom. The van der Waals surface area contributed by atoms with E-state index < -0.39 is 0 Å². The summed E-state index contributed by atoms with van der Waals surface area (Å²) in [6.07, 6.45) is 0. The van der Waals surface area contributed by atoms with E-state index in [2.05, 4.69) is 209 Å². The third kappa shape index (κ3) is 6.47. The number of fused-ring (bicyclic) bond motifs is 8. The van der Waals surface area contributed by atoms with Gasteiger partial charge in [-0.25, -0.2) is 0 Å². The second kappa shape index (κ2) is 14.6. The SMILES string of the molecule is Cc1cc(C)c(-c2ccc(N3c4ccc(-c5c(C)cc(C)cc5C)cc4B4Oc5cc(-c6c(C)cc(C)cc6C)ccc5-c5c4c3cc3c5oc4ccc(C(C)(C)C)cc43)cc2)c(C)c1. The van der Waals surface area contributed by atoms with Crippen LogP contribution in [0.3, 0.4) is 0 Å². The molecule has 0 radical (unpaired) electrons. The third-order valence-electron chi connectivity index (χ3n) is 14.2. The van der Waals surface area contributed by atoms with Gasteiger partial charge in [0.2, 0.25) is 0 Å². The van der Waals surface area contributed by atoms with Crippen LogP contribution in [0.5, 0.6) is 5.75 Å². The zero-order valence-corrected chi connectivity index (χ0v) is 39.9. The topological polar surface area (TPSA) is 25.6 Å². The minimum absolute atomic E-state index is 0.0266. The molecule has 2 aliphatic rings. The number of hydrogen-bond donors (Lipinski definition) is 0. The molecule has 0 aliphatic carbocycles. The summed E-state index contributed by atoms with van der Waals surface area (Å²) in [4.78, 5) is 2.48. The van der Waals surface area contributed by atoms with Crippen LogP contribution < -0.4 is 20.5 Å². The normalized spacial score (nSPS) is 13.0. The number of furan rings is 1. The van der Waals surface area contributed by atoms with Gasteiger partial charge in [0.25, 0.3) is 0 Å². The molecule has 2 aliphatic heterocycles. The standard InChI is InChI=1S/C61H56BNO2/c1-33-23-36(4)55(37(5)24-33)42-13-18-46(19-14-42)63-51-21-16-43(56-38(6)25-34(2)26-39(56)7)29-50(51)62-59-52(63)32-49-48-31-45(61(10,11)12)17-22-53(48)64-60(49)58(59)47-20-15-44(30-54(47)65-62)57-40(8)27-35(3)28-41(57)9/h13-32H,1-12H3. The highest BCUT2D eigenvalue weighted by Crippen LogP contribution is 2.50. The first-order valence-corrected chi connectivity index (χ1v) is 23.2. The molecule has 11 rings (SSSR count). The lowest BCUT2D eigenvalue weighted by Crippen LogP contribution is -2.56. The fourth-order valence-electron chi connectivity index (χ4n) is 11.7. The van der Waals surface area contributed by atoms with Crippen LogP contribution in [0.1, 0.15) is 76.4 Å². The van der Waals surface area contributed by atoms with Crippen LogP contribution in [0.15, 0.2) is 126 Å². The maximum Gasteiger partial charge on any atom is 0.431 e. The number of benzene rings is 8. The average Bonchev–Trinajstić information content (AvgIpc) is 3.60. The lowest BCUT2D eigenvalue weighted by molar-refractivity contribution is 0.588. The first-order chi connectivity index (χ1) is 31.0. The molecule has 0 saturated heterocycles. The van der Waals surface area contributed by atoms with Crippen molar-refractivity contribution >= 4 is 56.8 Å². The Labute approximate surface area is 384 Å². The molecule has 8 aromatic carbocycles. The van der Waals surface area contributed by atoms with Crippen LogP contribution in [0, 0.1) is 62.3 Å². The highest BCUT2D eigenvalue weighted by Gasteiger charge is 2.45. The maximum atomic E-state index is 7.52. The first-order valence-electron chi connectivity index (χ1n) is 23.2. The maximum absolute atomic E-state index is 7.52. The Balaban J connectivity index is 1.22. The van der Waals surface area contributed by atoms with E-state index in [0.717, 1.165) is 72.4 Å². The Kier molecular flexibility index (Phi) is 9.22. The van der Waals surface area contributed by atoms with E-state index in [4.69, 9.17) is 9.07 Å². The molecule has 0 amide bonds. The van der Waals surface area contributed by atoms with Gasteiger partial charge in [-0.2, -0.15) is 0 Å². The largest absolute Gasteiger partial charge is 0.551 e. The fourth-order valence-corrected chi connectivity index (χ4v) is 11.7. The Morgan fingerprint density at radius 3 is 1.55 bits per heavy atom. The number of aryl methyl sites for hydroxylation is 9. The molecule has 0 N–H and O–H groups in total. The molecule has 0 saturated carbocycles. The van der Waals surface area contributed by atoms with E-state index in [9.17, 15) is 0 Å². The van der Waals surface area contributed by atoms with Crippen molar-refractivity contribution in [3.8, 4) is 50.3 Å². The van der Waals surface area contributed by atoms with Crippen molar-refractivity contribution in [2.75, 3.05) is 4.90 Å². The van der Waals surface area contributed by atoms with Gasteiger partial charge in [-0.05, 0) is 194 Å². The van der Waals surface area contributed by atoms with Crippen LogP contribution in [0.2, 0.25) is 0 Å². The van der Waals surface area contributed by atoms with Crippen LogP contribution in [-0.2, 0) is 5.41 Å². The van der Waals surface area contributed by atoms with Crippen molar-refractivity contribution in [2.24, 2.45) is 0 Å². The van der Waals surface area contributed by atoms with Crippen molar-refractivity contribution in [1.29, 1.82) is 0 Å². The zero-order chi connectivity index (χ0) is 45.4. The van der Waals surface area contributed by atoms with Gasteiger partial charge in [0.05, 0.1) is 0 Å². The molecule has 4 heteroatoms. The molecular formula is C61H56BNO2. The minimum atomic E-state index is -0.389. The van der Waals surface area contributed by atoms with E-state index >= 15 is 0 Å². The monoisotopic (exact) mass is 845 g/mol. The van der Waals surface area contributed by atoms with E-state index in [-0.39, 0.29) is 12.3 Å². The van der Waals surface area contributed by atoms with Crippen LogP contribution >= 0.6 is 0 Å². The highest BCUT2D eigenvalue weighted by atomic mass is 16.4. The van der Waals surface area contributed by atoms with Gasteiger partial charge in [-0.15, -0.1) is 0 Å². The lowest BCUT2D eigenvalue weighted by Gasteiger charge is -2.40. The number of hydrogen-bond acceptors (Lipinski definition) is 3. The lowest BCUT2D eigenvalue weighted by atomic mass is 9.49. The predicted octanol–water partition coefficient (Wildman–Crippen LogP) is 15.6. The molecule has 9 aromatic rings. The minimum Gasteiger partial charge on any atom is -0.551 e. The summed E-state index contributed by atoms with van der Waals surface area (Å²) < 4.78 is 14.6. The van der Waals surface area contributed by atoms with Crippen molar-refractivity contribution < 1.29 is 9.07 Å². The van der Waals surface area contributed by atoms with E-state index in [0.29, 0.717) is 0 Å². The predicted molar refractivity (Wildman–Crippen MR) is 277 cm³/mol. The van der Waals surface area contributed by atoms with E-state index in [1.807, 2.05) is 0 Å². The molecule has 0 bridgehead atoms. The molecule has 320 valence electrons. The molecule has 1 aromatic heterocycles. The molecular weight excluding hydrogens is 789 g/mol. The summed E-state index contributed by atoms with van der Waals surface area (Å²) in [7, 11) is 0. The Hall–Kier alpha value is -6.78. The van der Waals surface area contributed by atoms with Gasteiger partial charge in [-0.1, -0.05) is 110 Å². The van der Waals surface area contributed by atoms with Gasteiger partial charge in [0.1, 0.15) is 16.9 Å². The molecule has 65 heavy (non-hydrogen) atoms. The fraction of sp³-hybridized carbons (Fsp3) is 0.213. The summed E-state index contributed by atoms with van der Waals surface area (Å²) >= 11 is 0. The second-order valence-electron chi connectivity index (χ2n) is 20.3. The van der Waals surface area contributed by atoms with Gasteiger partial charge in [0.15, 0.2) is 0 Å². The van der Waals surface area contributed by atoms with Crippen LogP contribution in [0.4, 0.5) is 17.1 Å².